The smallest absolute Gasteiger partial charge is 0.255 e. The van der Waals surface area contributed by atoms with Crippen LogP contribution in [0.4, 0.5) is 5.82 Å². The first kappa shape index (κ1) is 10.5. The molecule has 0 bridgehead atoms. The summed E-state index contributed by atoms with van der Waals surface area (Å²) in [4.78, 5) is 11.1. The highest BCUT2D eigenvalue weighted by Crippen LogP contribution is 2.33. The summed E-state index contributed by atoms with van der Waals surface area (Å²) < 4.78 is 2.16. The van der Waals surface area contributed by atoms with E-state index in [9.17, 15) is 4.79 Å². The van der Waals surface area contributed by atoms with E-state index < -0.39 is 5.91 Å². The number of amides is 1. The Labute approximate surface area is 95.9 Å². The van der Waals surface area contributed by atoms with Crippen LogP contribution in [0.25, 0.3) is 0 Å². The molecular formula is C9H13BrN4O. The fraction of sp³-hybridized carbons (Fsp3) is 0.556. The molecule has 1 aliphatic rings. The molecule has 0 aromatic carbocycles. The summed E-state index contributed by atoms with van der Waals surface area (Å²) >= 11 is 3.20. The molecule has 2 rings (SSSR count). The number of carbonyl (C=O) groups is 1. The molecule has 0 unspecified atom stereocenters. The molecule has 1 aromatic rings. The summed E-state index contributed by atoms with van der Waals surface area (Å²) in [5, 5.41) is 4.22. The van der Waals surface area contributed by atoms with Crippen molar-refractivity contribution in [1.82, 2.24) is 9.78 Å². The maximum absolute atomic E-state index is 11.1. The Morgan fingerprint density at radius 2 is 2.07 bits per heavy atom. The van der Waals surface area contributed by atoms with Crippen LogP contribution in [0, 0.1) is 0 Å². The molecule has 0 atom stereocenters. The van der Waals surface area contributed by atoms with E-state index >= 15 is 0 Å². The molecule has 1 amide bonds. The minimum Gasteiger partial charge on any atom is -0.383 e. The molecule has 5 nitrogen and oxygen atoms in total. The number of primary amides is 1. The largest absolute Gasteiger partial charge is 0.383 e. The zero-order valence-electron chi connectivity index (χ0n) is 8.24. The molecule has 1 saturated carbocycles. The van der Waals surface area contributed by atoms with E-state index in [1.54, 1.807) is 4.68 Å². The second-order valence-corrected chi connectivity index (χ2v) is 4.55. The van der Waals surface area contributed by atoms with Crippen molar-refractivity contribution in [2.45, 2.75) is 31.7 Å². The number of halogens is 1. The average Bonchev–Trinajstić information content (AvgIpc) is 2.72. The van der Waals surface area contributed by atoms with Crippen molar-refractivity contribution in [3.8, 4) is 0 Å². The standard InChI is InChI=1S/C9H13BrN4O/c10-7-6(9(12)15)8(11)14(13-7)5-3-1-2-4-5/h5H,1-4,11H2,(H2,12,15). The number of rotatable bonds is 2. The van der Waals surface area contributed by atoms with Gasteiger partial charge in [-0.1, -0.05) is 12.8 Å². The van der Waals surface area contributed by atoms with Crippen LogP contribution < -0.4 is 11.5 Å². The molecule has 1 heterocycles. The molecule has 6 heteroatoms. The molecule has 1 fully saturated rings. The highest BCUT2D eigenvalue weighted by Gasteiger charge is 2.25. The molecule has 0 spiro atoms. The van der Waals surface area contributed by atoms with Gasteiger partial charge in [-0.05, 0) is 28.8 Å². The van der Waals surface area contributed by atoms with E-state index in [0.29, 0.717) is 22.0 Å². The third-order valence-electron chi connectivity index (χ3n) is 2.82. The number of nitrogens with zero attached hydrogens (tertiary/aromatic N) is 2. The van der Waals surface area contributed by atoms with E-state index in [0.717, 1.165) is 12.8 Å². The van der Waals surface area contributed by atoms with Gasteiger partial charge in [0.2, 0.25) is 0 Å². The molecular weight excluding hydrogens is 260 g/mol. The summed E-state index contributed by atoms with van der Waals surface area (Å²) in [6.45, 7) is 0. The average molecular weight is 273 g/mol. The predicted octanol–water partition coefficient (Wildman–Crippen LogP) is 1.44. The number of carbonyl (C=O) groups excluding carboxylic acids is 1. The van der Waals surface area contributed by atoms with Gasteiger partial charge in [-0.25, -0.2) is 4.68 Å². The number of hydrogen-bond donors (Lipinski definition) is 2. The Morgan fingerprint density at radius 3 is 2.53 bits per heavy atom. The zero-order chi connectivity index (χ0) is 11.0. The summed E-state index contributed by atoms with van der Waals surface area (Å²) in [6, 6.07) is 0.314. The van der Waals surface area contributed by atoms with Gasteiger partial charge in [-0.15, -0.1) is 0 Å². The lowest BCUT2D eigenvalue weighted by atomic mass is 10.2. The Morgan fingerprint density at radius 1 is 1.47 bits per heavy atom. The second kappa shape index (κ2) is 3.84. The van der Waals surface area contributed by atoms with E-state index in [1.165, 1.54) is 12.8 Å². The van der Waals surface area contributed by atoms with Crippen LogP contribution in [-0.2, 0) is 0 Å². The van der Waals surface area contributed by atoms with Gasteiger partial charge in [-0.3, -0.25) is 4.79 Å². The molecule has 1 aliphatic carbocycles. The van der Waals surface area contributed by atoms with E-state index in [4.69, 9.17) is 11.5 Å². The van der Waals surface area contributed by atoms with Gasteiger partial charge in [0.1, 0.15) is 16.0 Å². The van der Waals surface area contributed by atoms with Gasteiger partial charge in [0, 0.05) is 0 Å². The number of anilines is 1. The third kappa shape index (κ3) is 1.73. The molecule has 15 heavy (non-hydrogen) atoms. The minimum absolute atomic E-state index is 0.293. The summed E-state index contributed by atoms with van der Waals surface area (Å²) in [6.07, 6.45) is 4.51. The van der Waals surface area contributed by atoms with Crippen LogP contribution in [-0.4, -0.2) is 15.7 Å². The zero-order valence-corrected chi connectivity index (χ0v) is 9.83. The van der Waals surface area contributed by atoms with Crippen molar-refractivity contribution >= 4 is 27.7 Å². The van der Waals surface area contributed by atoms with E-state index in [2.05, 4.69) is 21.0 Å². The number of nitrogens with two attached hydrogens (primary N) is 2. The quantitative estimate of drug-likeness (QED) is 0.854. The number of nitrogen functional groups attached to an aromatic ring is 1. The van der Waals surface area contributed by atoms with Crippen LogP contribution in [0.15, 0.2) is 4.60 Å². The first-order chi connectivity index (χ1) is 7.11. The van der Waals surface area contributed by atoms with Crippen LogP contribution in [0.2, 0.25) is 0 Å². The van der Waals surface area contributed by atoms with Gasteiger partial charge >= 0.3 is 0 Å². The third-order valence-corrected chi connectivity index (χ3v) is 3.38. The first-order valence-electron chi connectivity index (χ1n) is 4.94. The lowest BCUT2D eigenvalue weighted by Gasteiger charge is -2.11. The monoisotopic (exact) mass is 272 g/mol. The van der Waals surface area contributed by atoms with Gasteiger partial charge in [0.25, 0.3) is 5.91 Å². The lowest BCUT2D eigenvalue weighted by molar-refractivity contribution is 0.100. The maximum Gasteiger partial charge on any atom is 0.255 e. The van der Waals surface area contributed by atoms with E-state index in [-0.39, 0.29) is 0 Å². The van der Waals surface area contributed by atoms with Crippen molar-refractivity contribution in [2.24, 2.45) is 5.73 Å². The molecule has 0 radical (unpaired) electrons. The maximum atomic E-state index is 11.1. The Hall–Kier alpha value is -1.04. The van der Waals surface area contributed by atoms with Gasteiger partial charge in [0.05, 0.1) is 6.04 Å². The van der Waals surface area contributed by atoms with Gasteiger partial charge < -0.3 is 11.5 Å². The fourth-order valence-corrected chi connectivity index (χ4v) is 2.64. The lowest BCUT2D eigenvalue weighted by Crippen LogP contribution is -2.15. The molecule has 82 valence electrons. The first-order valence-corrected chi connectivity index (χ1v) is 5.74. The van der Waals surface area contributed by atoms with Crippen molar-refractivity contribution in [2.75, 3.05) is 5.73 Å². The molecule has 1 aromatic heterocycles. The summed E-state index contributed by atoms with van der Waals surface area (Å²) in [5.41, 5.74) is 11.4. The molecule has 0 aliphatic heterocycles. The SMILES string of the molecule is NC(=O)c1c(Br)nn(C2CCCC2)c1N. The van der Waals surface area contributed by atoms with Crippen molar-refractivity contribution in [3.63, 3.8) is 0 Å². The highest BCUT2D eigenvalue weighted by atomic mass is 79.9. The van der Waals surface area contributed by atoms with Crippen LogP contribution in [0.1, 0.15) is 42.1 Å². The topological polar surface area (TPSA) is 86.9 Å². The van der Waals surface area contributed by atoms with Gasteiger partial charge in [0.15, 0.2) is 0 Å². The van der Waals surface area contributed by atoms with Crippen molar-refractivity contribution < 1.29 is 4.79 Å². The normalized spacial score (nSPS) is 17.1. The highest BCUT2D eigenvalue weighted by molar-refractivity contribution is 9.10. The van der Waals surface area contributed by atoms with Crippen molar-refractivity contribution in [1.29, 1.82) is 0 Å². The summed E-state index contributed by atoms with van der Waals surface area (Å²) in [5.74, 6) is -0.162. The van der Waals surface area contributed by atoms with E-state index in [1.807, 2.05) is 0 Å². The molecule has 0 saturated heterocycles. The Kier molecular flexibility index (Phi) is 2.68. The number of aromatic nitrogens is 2. The Bertz CT molecular complexity index is 395. The van der Waals surface area contributed by atoms with Crippen LogP contribution >= 0.6 is 15.9 Å². The van der Waals surface area contributed by atoms with Gasteiger partial charge in [-0.2, -0.15) is 5.10 Å². The number of hydrogen-bond acceptors (Lipinski definition) is 3. The second-order valence-electron chi connectivity index (χ2n) is 3.80. The fourth-order valence-electron chi connectivity index (χ4n) is 2.07. The minimum atomic E-state index is -0.538. The van der Waals surface area contributed by atoms with Crippen LogP contribution in [0.3, 0.4) is 0 Å². The van der Waals surface area contributed by atoms with Crippen molar-refractivity contribution in [3.05, 3.63) is 10.2 Å². The summed E-state index contributed by atoms with van der Waals surface area (Å²) in [7, 11) is 0. The van der Waals surface area contributed by atoms with Crippen LogP contribution in [0.5, 0.6) is 0 Å². The Balaban J connectivity index is 2.40. The predicted molar refractivity (Wildman–Crippen MR) is 60.4 cm³/mol. The molecule has 4 N–H and O–H groups in total.